The molecule has 0 saturated heterocycles. The van der Waals surface area contributed by atoms with Gasteiger partial charge in [0.05, 0.1) is 5.00 Å². The Morgan fingerprint density at radius 2 is 1.22 bits per heavy atom. The summed E-state index contributed by atoms with van der Waals surface area (Å²) in [7, 11) is 0. The smallest absolute Gasteiger partial charge is 0.0862 e. The number of thiophene rings is 3. The Bertz CT molecular complexity index is 1500. The second-order valence-electron chi connectivity index (χ2n) is 6.96. The second-order valence-corrected chi connectivity index (χ2v) is 10.2. The lowest BCUT2D eigenvalue weighted by atomic mass is 10.1. The van der Waals surface area contributed by atoms with E-state index in [9.17, 15) is 0 Å². The fraction of sp³-hybridized carbons (Fsp3) is 0.0435. The summed E-state index contributed by atoms with van der Waals surface area (Å²) in [5.41, 5.74) is 8.48. The van der Waals surface area contributed by atoms with Crippen LogP contribution in [-0.4, -0.2) is 0 Å². The van der Waals surface area contributed by atoms with E-state index >= 15 is 0 Å². The highest BCUT2D eigenvalue weighted by Crippen LogP contribution is 2.43. The molecule has 0 fully saturated rings. The molecule has 0 bridgehead atoms. The van der Waals surface area contributed by atoms with Gasteiger partial charge in [-0.05, 0) is 54.4 Å². The fourth-order valence-corrected chi connectivity index (χ4v) is 6.98. The summed E-state index contributed by atoms with van der Waals surface area (Å²) in [5.74, 6) is 0. The number of hydrogen-bond donors (Lipinski definition) is 1. The van der Waals surface area contributed by atoms with E-state index in [1.807, 2.05) is 28.7 Å². The summed E-state index contributed by atoms with van der Waals surface area (Å²) in [6.07, 6.45) is 0. The van der Waals surface area contributed by atoms with Crippen LogP contribution < -0.4 is 5.73 Å². The van der Waals surface area contributed by atoms with Gasteiger partial charge in [0.2, 0.25) is 0 Å². The van der Waals surface area contributed by atoms with Gasteiger partial charge in [0.15, 0.2) is 0 Å². The van der Waals surface area contributed by atoms with Crippen LogP contribution in [0.3, 0.4) is 0 Å². The molecular formula is C23H15NS3. The standard InChI is InChI=1S/C23H15NS3/c1-12-2-4-14-16-10-22-17(11-21(16)25-19(14)8-12)15-5-3-13(9-20(15)26-22)18-6-7-23(24)27-18/h2-11H,24H2,1H3. The first kappa shape index (κ1) is 15.6. The van der Waals surface area contributed by atoms with E-state index in [4.69, 9.17) is 5.73 Å². The van der Waals surface area contributed by atoms with Gasteiger partial charge in [0.25, 0.3) is 0 Å². The topological polar surface area (TPSA) is 26.0 Å². The van der Waals surface area contributed by atoms with Crippen molar-refractivity contribution in [3.8, 4) is 10.4 Å². The summed E-state index contributed by atoms with van der Waals surface area (Å²) in [6, 6.07) is 22.4. The fourth-order valence-electron chi connectivity index (χ4n) is 3.81. The van der Waals surface area contributed by atoms with Gasteiger partial charge in [-0.25, -0.2) is 0 Å². The zero-order valence-electron chi connectivity index (χ0n) is 14.6. The van der Waals surface area contributed by atoms with Gasteiger partial charge in [-0.3, -0.25) is 0 Å². The second kappa shape index (κ2) is 5.55. The first-order valence-corrected chi connectivity index (χ1v) is 11.3. The molecular weight excluding hydrogens is 386 g/mol. The van der Waals surface area contributed by atoms with Gasteiger partial charge < -0.3 is 5.73 Å². The van der Waals surface area contributed by atoms with Gasteiger partial charge in [0, 0.05) is 45.2 Å². The van der Waals surface area contributed by atoms with Gasteiger partial charge >= 0.3 is 0 Å². The number of anilines is 1. The van der Waals surface area contributed by atoms with Crippen molar-refractivity contribution >= 4 is 79.4 Å². The highest BCUT2D eigenvalue weighted by Gasteiger charge is 2.12. The zero-order chi connectivity index (χ0) is 18.1. The van der Waals surface area contributed by atoms with E-state index in [1.54, 1.807) is 11.3 Å². The zero-order valence-corrected chi connectivity index (χ0v) is 17.0. The van der Waals surface area contributed by atoms with Crippen LogP contribution in [0.2, 0.25) is 0 Å². The molecule has 6 rings (SSSR count). The van der Waals surface area contributed by atoms with E-state index in [0.29, 0.717) is 0 Å². The third-order valence-electron chi connectivity index (χ3n) is 5.13. The van der Waals surface area contributed by atoms with E-state index < -0.39 is 0 Å². The molecule has 2 N–H and O–H groups in total. The van der Waals surface area contributed by atoms with Crippen LogP contribution in [0.15, 0.2) is 60.7 Å². The summed E-state index contributed by atoms with van der Waals surface area (Å²) in [4.78, 5) is 1.23. The van der Waals surface area contributed by atoms with Crippen molar-refractivity contribution < 1.29 is 0 Å². The quantitative estimate of drug-likeness (QED) is 0.296. The minimum absolute atomic E-state index is 0.865. The van der Waals surface area contributed by atoms with E-state index in [1.165, 1.54) is 56.3 Å². The Hall–Kier alpha value is -2.40. The SMILES string of the molecule is Cc1ccc2c(c1)sc1cc3c(cc12)sc1cc(-c2ccc(N)s2)ccc13. The maximum atomic E-state index is 5.91. The van der Waals surface area contributed by atoms with Crippen LogP contribution in [0.25, 0.3) is 50.8 Å². The highest BCUT2D eigenvalue weighted by molar-refractivity contribution is 7.27. The number of hydrogen-bond acceptors (Lipinski definition) is 4. The van der Waals surface area contributed by atoms with Crippen molar-refractivity contribution in [2.75, 3.05) is 5.73 Å². The van der Waals surface area contributed by atoms with E-state index in [-0.39, 0.29) is 0 Å². The summed E-state index contributed by atoms with van der Waals surface area (Å²) < 4.78 is 5.45. The number of fused-ring (bicyclic) bond motifs is 6. The molecule has 0 aliphatic heterocycles. The lowest BCUT2D eigenvalue weighted by molar-refractivity contribution is 1.52. The third-order valence-corrected chi connectivity index (χ3v) is 8.33. The largest absolute Gasteiger partial charge is 0.391 e. The molecule has 130 valence electrons. The minimum atomic E-state index is 0.865. The summed E-state index contributed by atoms with van der Waals surface area (Å²) >= 11 is 5.43. The molecule has 0 saturated carbocycles. The normalized spacial score (nSPS) is 12.0. The maximum Gasteiger partial charge on any atom is 0.0862 e. The van der Waals surface area contributed by atoms with Crippen LogP contribution in [0.1, 0.15) is 5.56 Å². The summed E-state index contributed by atoms with van der Waals surface area (Å²) in [5, 5.41) is 6.32. The minimum Gasteiger partial charge on any atom is -0.391 e. The first-order valence-electron chi connectivity index (χ1n) is 8.80. The van der Waals surface area contributed by atoms with E-state index in [0.717, 1.165) is 5.00 Å². The maximum absolute atomic E-state index is 5.91. The molecule has 6 aromatic rings. The Labute approximate surface area is 168 Å². The van der Waals surface area contributed by atoms with Crippen molar-refractivity contribution in [2.45, 2.75) is 6.92 Å². The Morgan fingerprint density at radius 3 is 1.89 bits per heavy atom. The molecule has 27 heavy (non-hydrogen) atoms. The molecule has 3 aromatic heterocycles. The van der Waals surface area contributed by atoms with Crippen LogP contribution in [0.5, 0.6) is 0 Å². The molecule has 0 amide bonds. The van der Waals surface area contributed by atoms with Crippen LogP contribution in [0.4, 0.5) is 5.00 Å². The molecule has 0 radical (unpaired) electrons. The molecule has 0 unspecified atom stereocenters. The number of nitrogen functional groups attached to an aromatic ring is 1. The lowest BCUT2D eigenvalue weighted by Crippen LogP contribution is -1.73. The first-order chi connectivity index (χ1) is 13.2. The van der Waals surface area contributed by atoms with Crippen LogP contribution in [-0.2, 0) is 0 Å². The van der Waals surface area contributed by atoms with Gasteiger partial charge in [-0.2, -0.15) is 0 Å². The van der Waals surface area contributed by atoms with Crippen LogP contribution >= 0.6 is 34.0 Å². The molecule has 4 heteroatoms. The molecule has 3 heterocycles. The van der Waals surface area contributed by atoms with Crippen molar-refractivity contribution in [2.24, 2.45) is 0 Å². The Balaban J connectivity index is 1.63. The molecule has 1 nitrogen and oxygen atoms in total. The molecule has 0 spiro atoms. The van der Waals surface area contributed by atoms with Crippen molar-refractivity contribution in [3.63, 3.8) is 0 Å². The van der Waals surface area contributed by atoms with E-state index in [2.05, 4.69) is 61.5 Å². The van der Waals surface area contributed by atoms with Gasteiger partial charge in [-0.1, -0.05) is 24.3 Å². The van der Waals surface area contributed by atoms with Crippen molar-refractivity contribution in [1.29, 1.82) is 0 Å². The third kappa shape index (κ3) is 2.34. The number of rotatable bonds is 1. The molecule has 0 aliphatic rings. The highest BCUT2D eigenvalue weighted by atomic mass is 32.1. The number of nitrogens with two attached hydrogens (primary N) is 1. The van der Waals surface area contributed by atoms with Crippen molar-refractivity contribution in [1.82, 2.24) is 0 Å². The number of benzene rings is 3. The molecule has 3 aromatic carbocycles. The summed E-state index contributed by atoms with van der Waals surface area (Å²) in [6.45, 7) is 2.16. The van der Waals surface area contributed by atoms with Gasteiger partial charge in [-0.15, -0.1) is 34.0 Å². The monoisotopic (exact) mass is 401 g/mol. The van der Waals surface area contributed by atoms with Crippen molar-refractivity contribution in [3.05, 3.63) is 66.2 Å². The lowest BCUT2D eigenvalue weighted by Gasteiger charge is -1.98. The molecule has 0 aliphatic carbocycles. The predicted molar refractivity (Wildman–Crippen MR) is 125 cm³/mol. The van der Waals surface area contributed by atoms with Crippen LogP contribution in [0, 0.1) is 6.92 Å². The van der Waals surface area contributed by atoms with Gasteiger partial charge in [0.1, 0.15) is 0 Å². The number of aryl methyl sites for hydroxylation is 1. The molecule has 0 atom stereocenters. The Morgan fingerprint density at radius 1 is 0.593 bits per heavy atom. The average Bonchev–Trinajstić information content (AvgIpc) is 3.33. The predicted octanol–water partition coefficient (Wildman–Crippen LogP) is 8.04. The Kier molecular flexibility index (Phi) is 3.21. The average molecular weight is 402 g/mol.